The molecule has 0 unspecified atom stereocenters. The van der Waals surface area contributed by atoms with Crippen LogP contribution in [-0.4, -0.2) is 31.1 Å². The van der Waals surface area contributed by atoms with E-state index in [1.165, 1.54) is 31.5 Å². The molecule has 0 bridgehead atoms. The molecule has 1 aromatic carbocycles. The van der Waals surface area contributed by atoms with Gasteiger partial charge in [0, 0.05) is 23.8 Å². The Balaban J connectivity index is 1.82. The first-order valence-electron chi connectivity index (χ1n) is 5.98. The lowest BCUT2D eigenvalue weighted by atomic mass is 10.2. The van der Waals surface area contributed by atoms with E-state index in [1.54, 1.807) is 0 Å². The van der Waals surface area contributed by atoms with E-state index in [0.29, 0.717) is 0 Å². The lowest BCUT2D eigenvalue weighted by Crippen LogP contribution is -2.26. The van der Waals surface area contributed by atoms with Gasteiger partial charge in [0.25, 0.3) is 0 Å². The van der Waals surface area contributed by atoms with Crippen LogP contribution in [0.15, 0.2) is 18.2 Å². The zero-order chi connectivity index (χ0) is 11.4. The van der Waals surface area contributed by atoms with E-state index >= 15 is 0 Å². The fourth-order valence-corrected chi connectivity index (χ4v) is 2.31. The van der Waals surface area contributed by atoms with Gasteiger partial charge in [0.1, 0.15) is 0 Å². The monoisotopic (exact) mass is 238 g/mol. The summed E-state index contributed by atoms with van der Waals surface area (Å²) in [7, 11) is 0. The standard InChI is InChI=1S/C13H19ClN2/c1-11-4-5-12(14)10-13(11)15-6-9-16-7-2-3-8-16/h4-5,10,15H,2-3,6-9H2,1H3. The number of rotatable bonds is 4. The predicted octanol–water partition coefficient (Wildman–Crippen LogP) is 3.16. The Bertz CT molecular complexity index is 346. The molecule has 0 atom stereocenters. The summed E-state index contributed by atoms with van der Waals surface area (Å²) in [6, 6.07) is 5.99. The molecule has 2 nitrogen and oxygen atoms in total. The maximum atomic E-state index is 5.97. The summed E-state index contributed by atoms with van der Waals surface area (Å²) in [6.07, 6.45) is 2.71. The number of nitrogens with zero attached hydrogens (tertiary/aromatic N) is 1. The lowest BCUT2D eigenvalue weighted by molar-refractivity contribution is 0.352. The minimum absolute atomic E-state index is 0.800. The first kappa shape index (κ1) is 11.7. The molecule has 1 fully saturated rings. The third-order valence-corrected chi connectivity index (χ3v) is 3.38. The van der Waals surface area contributed by atoms with Crippen molar-refractivity contribution < 1.29 is 0 Å². The van der Waals surface area contributed by atoms with Gasteiger partial charge in [-0.1, -0.05) is 17.7 Å². The van der Waals surface area contributed by atoms with Gasteiger partial charge in [0.05, 0.1) is 0 Å². The highest BCUT2D eigenvalue weighted by molar-refractivity contribution is 6.30. The highest BCUT2D eigenvalue weighted by Crippen LogP contribution is 2.19. The quantitative estimate of drug-likeness (QED) is 0.867. The zero-order valence-electron chi connectivity index (χ0n) is 9.80. The molecule has 1 N–H and O–H groups in total. The fourth-order valence-electron chi connectivity index (χ4n) is 2.14. The number of anilines is 1. The largest absolute Gasteiger partial charge is 0.384 e. The van der Waals surface area contributed by atoms with Crippen LogP contribution in [0.3, 0.4) is 0 Å². The number of aryl methyl sites for hydroxylation is 1. The summed E-state index contributed by atoms with van der Waals surface area (Å²) < 4.78 is 0. The van der Waals surface area contributed by atoms with Crippen molar-refractivity contribution in [2.75, 3.05) is 31.5 Å². The molecule has 0 amide bonds. The second kappa shape index (κ2) is 5.55. The van der Waals surface area contributed by atoms with Crippen LogP contribution in [0.4, 0.5) is 5.69 Å². The second-order valence-electron chi connectivity index (χ2n) is 4.43. The molecule has 0 aromatic heterocycles. The summed E-state index contributed by atoms with van der Waals surface area (Å²) >= 11 is 5.97. The molecule has 0 aliphatic carbocycles. The van der Waals surface area contributed by atoms with E-state index in [4.69, 9.17) is 11.6 Å². The Morgan fingerprint density at radius 2 is 2.06 bits per heavy atom. The van der Waals surface area contributed by atoms with Gasteiger partial charge in [-0.2, -0.15) is 0 Å². The number of halogens is 1. The van der Waals surface area contributed by atoms with E-state index < -0.39 is 0 Å². The summed E-state index contributed by atoms with van der Waals surface area (Å²) in [5.41, 5.74) is 2.41. The van der Waals surface area contributed by atoms with Crippen LogP contribution in [0, 0.1) is 6.92 Å². The Kier molecular flexibility index (Phi) is 4.08. The third-order valence-electron chi connectivity index (χ3n) is 3.14. The predicted molar refractivity (Wildman–Crippen MR) is 70.4 cm³/mol. The second-order valence-corrected chi connectivity index (χ2v) is 4.87. The average Bonchev–Trinajstić information content (AvgIpc) is 2.76. The minimum atomic E-state index is 0.800. The molecule has 1 heterocycles. The lowest BCUT2D eigenvalue weighted by Gasteiger charge is -2.16. The molecule has 3 heteroatoms. The van der Waals surface area contributed by atoms with Crippen molar-refractivity contribution in [2.24, 2.45) is 0 Å². The van der Waals surface area contributed by atoms with Crippen LogP contribution in [0.1, 0.15) is 18.4 Å². The van der Waals surface area contributed by atoms with Crippen LogP contribution < -0.4 is 5.32 Å². The summed E-state index contributed by atoms with van der Waals surface area (Å²) in [5.74, 6) is 0. The third kappa shape index (κ3) is 3.13. The van der Waals surface area contributed by atoms with Gasteiger partial charge in [0.2, 0.25) is 0 Å². The normalized spacial score (nSPS) is 16.6. The average molecular weight is 239 g/mol. The molecule has 16 heavy (non-hydrogen) atoms. The number of hydrogen-bond donors (Lipinski definition) is 1. The maximum Gasteiger partial charge on any atom is 0.0426 e. The summed E-state index contributed by atoms with van der Waals surface area (Å²) in [4.78, 5) is 2.51. The first-order valence-corrected chi connectivity index (χ1v) is 6.36. The smallest absolute Gasteiger partial charge is 0.0426 e. The highest BCUT2D eigenvalue weighted by atomic mass is 35.5. The van der Waals surface area contributed by atoms with E-state index in [9.17, 15) is 0 Å². The van der Waals surface area contributed by atoms with Crippen LogP contribution in [-0.2, 0) is 0 Å². The molecule has 0 radical (unpaired) electrons. The zero-order valence-corrected chi connectivity index (χ0v) is 10.6. The van der Waals surface area contributed by atoms with Crippen molar-refractivity contribution in [3.63, 3.8) is 0 Å². The molecule has 1 aliphatic rings. The van der Waals surface area contributed by atoms with E-state index in [0.717, 1.165) is 23.8 Å². The van der Waals surface area contributed by atoms with Crippen molar-refractivity contribution in [3.8, 4) is 0 Å². The molecule has 0 spiro atoms. The van der Waals surface area contributed by atoms with Gasteiger partial charge in [-0.15, -0.1) is 0 Å². The number of nitrogens with one attached hydrogen (secondary N) is 1. The summed E-state index contributed by atoms with van der Waals surface area (Å²) in [6.45, 7) is 6.76. The van der Waals surface area contributed by atoms with Gasteiger partial charge in [-0.05, 0) is 50.6 Å². The Hall–Kier alpha value is -0.730. The van der Waals surface area contributed by atoms with Crippen LogP contribution in [0.2, 0.25) is 5.02 Å². The Labute approximate surface area is 103 Å². The molecule has 2 rings (SSSR count). The topological polar surface area (TPSA) is 15.3 Å². The number of hydrogen-bond acceptors (Lipinski definition) is 2. The van der Waals surface area contributed by atoms with E-state index in [-0.39, 0.29) is 0 Å². The van der Waals surface area contributed by atoms with Gasteiger partial charge < -0.3 is 10.2 Å². The highest BCUT2D eigenvalue weighted by Gasteiger charge is 2.10. The van der Waals surface area contributed by atoms with Crippen LogP contribution in [0.25, 0.3) is 0 Å². The Morgan fingerprint density at radius 3 is 2.81 bits per heavy atom. The molecular weight excluding hydrogens is 220 g/mol. The van der Waals surface area contributed by atoms with Gasteiger partial charge >= 0.3 is 0 Å². The number of benzene rings is 1. The van der Waals surface area contributed by atoms with Crippen LogP contribution in [0.5, 0.6) is 0 Å². The van der Waals surface area contributed by atoms with Crippen LogP contribution >= 0.6 is 11.6 Å². The number of likely N-dealkylation sites (tertiary alicyclic amines) is 1. The van der Waals surface area contributed by atoms with Crippen molar-refractivity contribution >= 4 is 17.3 Å². The first-order chi connectivity index (χ1) is 7.75. The Morgan fingerprint density at radius 1 is 1.31 bits per heavy atom. The molecule has 1 aliphatic heterocycles. The molecule has 88 valence electrons. The maximum absolute atomic E-state index is 5.97. The van der Waals surface area contributed by atoms with Crippen molar-refractivity contribution in [3.05, 3.63) is 28.8 Å². The minimum Gasteiger partial charge on any atom is -0.384 e. The summed E-state index contributed by atoms with van der Waals surface area (Å²) in [5, 5.41) is 4.25. The molecule has 0 saturated carbocycles. The van der Waals surface area contributed by atoms with Crippen molar-refractivity contribution in [1.29, 1.82) is 0 Å². The van der Waals surface area contributed by atoms with Crippen molar-refractivity contribution in [2.45, 2.75) is 19.8 Å². The van der Waals surface area contributed by atoms with Gasteiger partial charge in [-0.25, -0.2) is 0 Å². The molecular formula is C13H19ClN2. The molecule has 1 aromatic rings. The SMILES string of the molecule is Cc1ccc(Cl)cc1NCCN1CCCC1. The van der Waals surface area contributed by atoms with Gasteiger partial charge in [0.15, 0.2) is 0 Å². The fraction of sp³-hybridized carbons (Fsp3) is 0.538. The van der Waals surface area contributed by atoms with Gasteiger partial charge in [-0.3, -0.25) is 0 Å². The van der Waals surface area contributed by atoms with E-state index in [1.807, 2.05) is 12.1 Å². The molecule has 1 saturated heterocycles. The van der Waals surface area contributed by atoms with E-state index in [2.05, 4.69) is 23.2 Å². The van der Waals surface area contributed by atoms with Crippen molar-refractivity contribution in [1.82, 2.24) is 4.90 Å².